The van der Waals surface area contributed by atoms with Crippen LogP contribution in [0.1, 0.15) is 17.4 Å². The third kappa shape index (κ3) is 2.26. The molecule has 1 fully saturated rings. The number of carboxylic acid groups (broad SMARTS) is 1. The van der Waals surface area contributed by atoms with Gasteiger partial charge in [-0.15, -0.1) is 11.8 Å². The molecule has 0 aromatic carbocycles. The summed E-state index contributed by atoms with van der Waals surface area (Å²) in [5.41, 5.74) is 6.17. The van der Waals surface area contributed by atoms with Crippen molar-refractivity contribution in [3.8, 4) is 0 Å². The van der Waals surface area contributed by atoms with E-state index in [1.54, 1.807) is 6.07 Å². The molecule has 0 aliphatic carbocycles. The van der Waals surface area contributed by atoms with E-state index in [-0.39, 0.29) is 17.0 Å². The molecule has 1 saturated heterocycles. The summed E-state index contributed by atoms with van der Waals surface area (Å²) < 4.78 is 0. The van der Waals surface area contributed by atoms with Gasteiger partial charge >= 0.3 is 5.97 Å². The van der Waals surface area contributed by atoms with Gasteiger partial charge in [-0.3, -0.25) is 4.79 Å². The van der Waals surface area contributed by atoms with Crippen molar-refractivity contribution >= 4 is 29.3 Å². The quantitative estimate of drug-likeness (QED) is 0.816. The summed E-state index contributed by atoms with van der Waals surface area (Å²) in [5.74, 6) is -0.965. The van der Waals surface area contributed by atoms with E-state index >= 15 is 0 Å². The fourth-order valence-corrected chi connectivity index (χ4v) is 2.97. The second kappa shape index (κ2) is 4.85. The molecule has 96 valence electrons. The number of nitrogen functional groups attached to an aromatic ring is 1. The number of hydrogen-bond donors (Lipinski definition) is 2. The predicted molar refractivity (Wildman–Crippen MR) is 68.2 cm³/mol. The number of amides is 1. The normalized spacial score (nSPS) is 23.1. The van der Waals surface area contributed by atoms with Crippen LogP contribution in [0.4, 0.5) is 5.69 Å². The zero-order valence-electron chi connectivity index (χ0n) is 9.74. The number of carbonyl (C=O) groups excluding carboxylic acids is 1. The van der Waals surface area contributed by atoms with Crippen LogP contribution in [0.3, 0.4) is 0 Å². The Morgan fingerprint density at radius 2 is 2.28 bits per heavy atom. The molecule has 18 heavy (non-hydrogen) atoms. The van der Waals surface area contributed by atoms with Crippen molar-refractivity contribution < 1.29 is 14.7 Å². The SMILES string of the molecule is CC1SCC(C(=O)O)N1C(=O)c1ccc(N)cn1. The van der Waals surface area contributed by atoms with E-state index in [0.717, 1.165) is 0 Å². The topological polar surface area (TPSA) is 96.5 Å². The molecule has 1 aromatic heterocycles. The Bertz CT molecular complexity index is 477. The highest BCUT2D eigenvalue weighted by molar-refractivity contribution is 8.00. The molecule has 0 saturated carbocycles. The van der Waals surface area contributed by atoms with Crippen molar-refractivity contribution in [3.63, 3.8) is 0 Å². The highest BCUT2D eigenvalue weighted by atomic mass is 32.2. The molecular weight excluding hydrogens is 254 g/mol. The summed E-state index contributed by atoms with van der Waals surface area (Å²) in [5, 5.41) is 8.93. The highest BCUT2D eigenvalue weighted by Crippen LogP contribution is 2.30. The first-order valence-electron chi connectivity index (χ1n) is 5.39. The van der Waals surface area contributed by atoms with Crippen LogP contribution >= 0.6 is 11.8 Å². The molecule has 1 aliphatic rings. The number of hydrogen-bond acceptors (Lipinski definition) is 5. The lowest BCUT2D eigenvalue weighted by molar-refractivity contribution is -0.141. The van der Waals surface area contributed by atoms with Crippen molar-refractivity contribution in [2.24, 2.45) is 0 Å². The number of rotatable bonds is 2. The number of aromatic nitrogens is 1. The Hall–Kier alpha value is -1.76. The van der Waals surface area contributed by atoms with Gasteiger partial charge in [-0.1, -0.05) is 0 Å². The third-order valence-electron chi connectivity index (χ3n) is 2.75. The summed E-state index contributed by atoms with van der Waals surface area (Å²) in [6.07, 6.45) is 1.39. The molecule has 2 unspecified atom stereocenters. The number of nitrogens with two attached hydrogens (primary N) is 1. The van der Waals surface area contributed by atoms with Gasteiger partial charge in [0, 0.05) is 5.75 Å². The van der Waals surface area contributed by atoms with E-state index in [9.17, 15) is 9.59 Å². The number of nitrogens with zero attached hydrogens (tertiary/aromatic N) is 2. The Morgan fingerprint density at radius 3 is 2.83 bits per heavy atom. The molecule has 3 N–H and O–H groups in total. The Balaban J connectivity index is 2.26. The van der Waals surface area contributed by atoms with Crippen molar-refractivity contribution in [2.45, 2.75) is 18.3 Å². The average Bonchev–Trinajstić information content (AvgIpc) is 2.71. The maximum absolute atomic E-state index is 12.2. The highest BCUT2D eigenvalue weighted by Gasteiger charge is 2.40. The molecule has 0 bridgehead atoms. The first-order valence-corrected chi connectivity index (χ1v) is 6.44. The third-order valence-corrected chi connectivity index (χ3v) is 3.97. The molecule has 2 rings (SSSR count). The van der Waals surface area contributed by atoms with Crippen LogP contribution in [0.5, 0.6) is 0 Å². The van der Waals surface area contributed by atoms with Crippen molar-refractivity contribution in [1.29, 1.82) is 0 Å². The first kappa shape index (κ1) is 12.7. The molecule has 0 radical (unpaired) electrons. The van der Waals surface area contributed by atoms with E-state index in [1.165, 1.54) is 28.9 Å². The average molecular weight is 267 g/mol. The fourth-order valence-electron chi connectivity index (χ4n) is 1.81. The van der Waals surface area contributed by atoms with Crippen molar-refractivity contribution in [3.05, 3.63) is 24.0 Å². The standard InChI is InChI=1S/C11H13N3O3S/c1-6-14(9(5-18-6)11(16)17)10(15)8-3-2-7(12)4-13-8/h2-4,6,9H,5,12H2,1H3,(H,16,17). The summed E-state index contributed by atoms with van der Waals surface area (Å²) in [7, 11) is 0. The second-order valence-corrected chi connectivity index (χ2v) is 5.32. The molecular formula is C11H13N3O3S. The van der Waals surface area contributed by atoms with Crippen LogP contribution in [-0.2, 0) is 4.79 Å². The molecule has 6 nitrogen and oxygen atoms in total. The molecule has 1 aromatic rings. The first-order chi connectivity index (χ1) is 8.50. The molecule has 2 heterocycles. The van der Waals surface area contributed by atoms with Gasteiger partial charge in [0.15, 0.2) is 0 Å². The van der Waals surface area contributed by atoms with Crippen LogP contribution in [0.15, 0.2) is 18.3 Å². The van der Waals surface area contributed by atoms with Crippen LogP contribution in [0.2, 0.25) is 0 Å². The maximum atomic E-state index is 12.2. The van der Waals surface area contributed by atoms with E-state index in [2.05, 4.69) is 4.98 Å². The van der Waals surface area contributed by atoms with Crippen molar-refractivity contribution in [1.82, 2.24) is 9.88 Å². The fraction of sp³-hybridized carbons (Fsp3) is 0.364. The number of pyridine rings is 1. The minimum atomic E-state index is -0.990. The van der Waals surface area contributed by atoms with E-state index in [4.69, 9.17) is 10.8 Å². The molecule has 1 aliphatic heterocycles. The molecule has 7 heteroatoms. The monoisotopic (exact) mass is 267 g/mol. The van der Waals surface area contributed by atoms with E-state index < -0.39 is 12.0 Å². The Morgan fingerprint density at radius 1 is 1.56 bits per heavy atom. The molecule has 1 amide bonds. The summed E-state index contributed by atoms with van der Waals surface area (Å²) >= 11 is 1.44. The smallest absolute Gasteiger partial charge is 0.327 e. The van der Waals surface area contributed by atoms with Crippen LogP contribution in [-0.4, -0.2) is 44.0 Å². The number of anilines is 1. The minimum Gasteiger partial charge on any atom is -0.480 e. The lowest BCUT2D eigenvalue weighted by Gasteiger charge is -2.24. The Kier molecular flexibility index (Phi) is 3.42. The van der Waals surface area contributed by atoms with Gasteiger partial charge in [-0.05, 0) is 19.1 Å². The van der Waals surface area contributed by atoms with Crippen LogP contribution in [0, 0.1) is 0 Å². The van der Waals surface area contributed by atoms with Crippen molar-refractivity contribution in [2.75, 3.05) is 11.5 Å². The zero-order valence-corrected chi connectivity index (χ0v) is 10.6. The maximum Gasteiger partial charge on any atom is 0.327 e. The van der Waals surface area contributed by atoms with Gasteiger partial charge in [-0.25, -0.2) is 9.78 Å². The van der Waals surface area contributed by atoms with Gasteiger partial charge in [0.2, 0.25) is 0 Å². The van der Waals surface area contributed by atoms with Crippen LogP contribution < -0.4 is 5.73 Å². The summed E-state index contributed by atoms with van der Waals surface area (Å²) in [6.45, 7) is 1.81. The Labute approximate surface area is 108 Å². The summed E-state index contributed by atoms with van der Waals surface area (Å²) in [4.78, 5) is 28.6. The second-order valence-electron chi connectivity index (χ2n) is 3.98. The lowest BCUT2D eigenvalue weighted by Crippen LogP contribution is -2.45. The lowest BCUT2D eigenvalue weighted by atomic mass is 10.2. The van der Waals surface area contributed by atoms with Gasteiger partial charge in [-0.2, -0.15) is 0 Å². The van der Waals surface area contributed by atoms with Gasteiger partial charge in [0.05, 0.1) is 17.3 Å². The molecule has 2 atom stereocenters. The van der Waals surface area contributed by atoms with Gasteiger partial charge in [0.25, 0.3) is 5.91 Å². The van der Waals surface area contributed by atoms with Gasteiger partial charge < -0.3 is 15.7 Å². The number of carbonyl (C=O) groups is 2. The number of aliphatic carboxylic acids is 1. The van der Waals surface area contributed by atoms with Gasteiger partial charge in [0.1, 0.15) is 11.7 Å². The minimum absolute atomic E-state index is 0.169. The van der Waals surface area contributed by atoms with E-state index in [1.807, 2.05) is 6.92 Å². The predicted octanol–water partition coefficient (Wildman–Crippen LogP) is 0.652. The largest absolute Gasteiger partial charge is 0.480 e. The zero-order chi connectivity index (χ0) is 13.3. The van der Waals surface area contributed by atoms with Crippen LogP contribution in [0.25, 0.3) is 0 Å². The molecule has 0 spiro atoms. The number of thioether (sulfide) groups is 1. The number of carboxylic acids is 1. The van der Waals surface area contributed by atoms with E-state index in [0.29, 0.717) is 11.4 Å². The summed E-state index contributed by atoms with van der Waals surface area (Å²) in [6, 6.07) is 2.28.